The Balaban J connectivity index is 4.75. The minimum Gasteiger partial charge on any atom is -0.383 e. The lowest BCUT2D eigenvalue weighted by Crippen LogP contribution is -2.48. The molecule has 0 fully saturated rings. The number of rotatable bonds is 7. The molecule has 0 rings (SSSR count). The molecule has 0 radical (unpaired) electrons. The summed E-state index contributed by atoms with van der Waals surface area (Å²) in [5.74, 6) is 0.102. The highest BCUT2D eigenvalue weighted by Crippen LogP contribution is 2.25. The molecule has 1 unspecified atom stereocenters. The van der Waals surface area contributed by atoms with Crippen LogP contribution in [0.15, 0.2) is 0 Å². The van der Waals surface area contributed by atoms with Crippen LogP contribution in [-0.4, -0.2) is 25.7 Å². The molecule has 4 nitrogen and oxygen atoms in total. The summed E-state index contributed by atoms with van der Waals surface area (Å²) in [5, 5.41) is 12.1. The largest absolute Gasteiger partial charge is 0.383 e. The van der Waals surface area contributed by atoms with Crippen molar-refractivity contribution in [2.75, 3.05) is 13.7 Å². The highest BCUT2D eigenvalue weighted by Gasteiger charge is 2.36. The molecule has 4 heteroatoms. The molecular weight excluding hydrogens is 216 g/mol. The van der Waals surface area contributed by atoms with Gasteiger partial charge in [-0.25, -0.2) is 0 Å². The van der Waals surface area contributed by atoms with Gasteiger partial charge < -0.3 is 10.1 Å². The number of hydrogen-bond acceptors (Lipinski definition) is 3. The molecule has 98 valence electrons. The number of nitrogens with zero attached hydrogens (tertiary/aromatic N) is 1. The van der Waals surface area contributed by atoms with Crippen LogP contribution in [0.25, 0.3) is 0 Å². The second-order valence-corrected chi connectivity index (χ2v) is 4.68. The van der Waals surface area contributed by atoms with Gasteiger partial charge in [-0.05, 0) is 18.8 Å². The molecule has 0 aromatic rings. The Morgan fingerprint density at radius 1 is 1.41 bits per heavy atom. The Kier molecular flexibility index (Phi) is 6.82. The molecule has 1 atom stereocenters. The van der Waals surface area contributed by atoms with Crippen molar-refractivity contribution in [1.82, 2.24) is 5.32 Å². The Morgan fingerprint density at radius 3 is 2.24 bits per heavy atom. The SMILES string of the molecule is CCC(C#N)(CC)C(=O)NC(COC)C(C)C. The van der Waals surface area contributed by atoms with Crippen molar-refractivity contribution in [3.63, 3.8) is 0 Å². The number of nitrogens with one attached hydrogen (secondary N) is 1. The summed E-state index contributed by atoms with van der Waals surface area (Å²) in [6.07, 6.45) is 1.06. The zero-order valence-corrected chi connectivity index (χ0v) is 11.5. The molecular formula is C13H24N2O2. The van der Waals surface area contributed by atoms with E-state index >= 15 is 0 Å². The molecule has 0 aromatic heterocycles. The molecule has 0 aromatic carbocycles. The van der Waals surface area contributed by atoms with Gasteiger partial charge in [0.25, 0.3) is 0 Å². The molecule has 17 heavy (non-hydrogen) atoms. The molecule has 0 aliphatic rings. The first-order valence-corrected chi connectivity index (χ1v) is 6.18. The Labute approximate surface area is 104 Å². The first-order chi connectivity index (χ1) is 7.97. The summed E-state index contributed by atoms with van der Waals surface area (Å²) >= 11 is 0. The van der Waals surface area contributed by atoms with E-state index in [1.54, 1.807) is 7.11 Å². The molecule has 0 bridgehead atoms. The van der Waals surface area contributed by atoms with E-state index in [0.717, 1.165) is 0 Å². The van der Waals surface area contributed by atoms with Crippen LogP contribution in [0.5, 0.6) is 0 Å². The number of amides is 1. The van der Waals surface area contributed by atoms with Gasteiger partial charge >= 0.3 is 0 Å². The molecule has 0 aliphatic carbocycles. The van der Waals surface area contributed by atoms with Gasteiger partial charge in [0.15, 0.2) is 0 Å². The molecule has 0 aliphatic heterocycles. The highest BCUT2D eigenvalue weighted by atomic mass is 16.5. The number of carbonyl (C=O) groups is 1. The van der Waals surface area contributed by atoms with Gasteiger partial charge in [-0.2, -0.15) is 5.26 Å². The quantitative estimate of drug-likeness (QED) is 0.741. The van der Waals surface area contributed by atoms with Gasteiger partial charge in [0.1, 0.15) is 5.41 Å². The topological polar surface area (TPSA) is 62.1 Å². The van der Waals surface area contributed by atoms with Crippen molar-refractivity contribution in [2.24, 2.45) is 11.3 Å². The first-order valence-electron chi connectivity index (χ1n) is 6.18. The van der Waals surface area contributed by atoms with Crippen LogP contribution in [0.4, 0.5) is 0 Å². The molecule has 1 amide bonds. The van der Waals surface area contributed by atoms with E-state index in [9.17, 15) is 10.1 Å². The third kappa shape index (κ3) is 4.01. The summed E-state index contributed by atoms with van der Waals surface area (Å²) in [7, 11) is 1.61. The number of carbonyl (C=O) groups excluding carboxylic acids is 1. The minimum atomic E-state index is -0.902. The number of nitriles is 1. The van der Waals surface area contributed by atoms with Crippen LogP contribution in [0.2, 0.25) is 0 Å². The first kappa shape index (κ1) is 15.9. The monoisotopic (exact) mass is 240 g/mol. The van der Waals surface area contributed by atoms with Crippen molar-refractivity contribution in [3.8, 4) is 6.07 Å². The van der Waals surface area contributed by atoms with Gasteiger partial charge in [-0.3, -0.25) is 4.79 Å². The lowest BCUT2D eigenvalue weighted by Gasteiger charge is -2.28. The Hall–Kier alpha value is -1.08. The second kappa shape index (κ2) is 7.29. The summed E-state index contributed by atoms with van der Waals surface area (Å²) < 4.78 is 5.08. The normalized spacial score (nSPS) is 13.2. The number of methoxy groups -OCH3 is 1. The average Bonchev–Trinajstić information content (AvgIpc) is 2.31. The van der Waals surface area contributed by atoms with Gasteiger partial charge in [0.2, 0.25) is 5.91 Å². The van der Waals surface area contributed by atoms with Gasteiger partial charge in [0, 0.05) is 7.11 Å². The molecule has 0 spiro atoms. The maximum Gasteiger partial charge on any atom is 0.240 e. The van der Waals surface area contributed by atoms with Crippen molar-refractivity contribution in [1.29, 1.82) is 5.26 Å². The Bertz CT molecular complexity index is 278. The molecule has 0 saturated carbocycles. The fourth-order valence-electron chi connectivity index (χ4n) is 1.67. The van der Waals surface area contributed by atoms with Crippen LogP contribution in [0.1, 0.15) is 40.5 Å². The van der Waals surface area contributed by atoms with E-state index in [1.807, 2.05) is 27.7 Å². The third-order valence-electron chi connectivity index (χ3n) is 3.32. The fraction of sp³-hybridized carbons (Fsp3) is 0.846. The molecule has 0 saturated heterocycles. The van der Waals surface area contributed by atoms with Crippen LogP contribution >= 0.6 is 0 Å². The van der Waals surface area contributed by atoms with E-state index < -0.39 is 5.41 Å². The van der Waals surface area contributed by atoms with E-state index in [0.29, 0.717) is 19.4 Å². The summed E-state index contributed by atoms with van der Waals surface area (Å²) in [6.45, 7) is 8.25. The number of ether oxygens (including phenoxy) is 1. The standard InChI is InChI=1S/C13H24N2O2/c1-6-13(7-2,9-14)12(16)15-11(8-17-5)10(3)4/h10-11H,6-8H2,1-5H3,(H,15,16). The summed E-state index contributed by atoms with van der Waals surface area (Å²) in [6, 6.07) is 2.11. The van der Waals surface area contributed by atoms with E-state index in [4.69, 9.17) is 4.74 Å². The summed E-state index contributed by atoms with van der Waals surface area (Å²) in [5.41, 5.74) is -0.902. The van der Waals surface area contributed by atoms with Gasteiger partial charge in [0.05, 0.1) is 18.7 Å². The molecule has 0 heterocycles. The highest BCUT2D eigenvalue weighted by molar-refractivity contribution is 5.85. The maximum absolute atomic E-state index is 12.2. The lowest BCUT2D eigenvalue weighted by atomic mass is 9.82. The number of hydrogen-bond donors (Lipinski definition) is 1. The van der Waals surface area contributed by atoms with Gasteiger partial charge in [-0.15, -0.1) is 0 Å². The van der Waals surface area contributed by atoms with E-state index in [1.165, 1.54) is 0 Å². The van der Waals surface area contributed by atoms with E-state index in [2.05, 4.69) is 11.4 Å². The average molecular weight is 240 g/mol. The van der Waals surface area contributed by atoms with E-state index in [-0.39, 0.29) is 17.9 Å². The molecule has 1 N–H and O–H groups in total. The zero-order valence-electron chi connectivity index (χ0n) is 11.5. The Morgan fingerprint density at radius 2 is 1.94 bits per heavy atom. The van der Waals surface area contributed by atoms with Crippen LogP contribution in [0, 0.1) is 22.7 Å². The van der Waals surface area contributed by atoms with Crippen molar-refractivity contribution >= 4 is 5.91 Å². The smallest absolute Gasteiger partial charge is 0.240 e. The fourth-order valence-corrected chi connectivity index (χ4v) is 1.67. The van der Waals surface area contributed by atoms with Crippen LogP contribution < -0.4 is 5.32 Å². The second-order valence-electron chi connectivity index (χ2n) is 4.68. The van der Waals surface area contributed by atoms with Crippen LogP contribution in [-0.2, 0) is 9.53 Å². The van der Waals surface area contributed by atoms with Crippen molar-refractivity contribution in [3.05, 3.63) is 0 Å². The third-order valence-corrected chi connectivity index (χ3v) is 3.32. The zero-order chi connectivity index (χ0) is 13.5. The van der Waals surface area contributed by atoms with Crippen molar-refractivity contribution < 1.29 is 9.53 Å². The van der Waals surface area contributed by atoms with Crippen LogP contribution in [0.3, 0.4) is 0 Å². The van der Waals surface area contributed by atoms with Crippen molar-refractivity contribution in [2.45, 2.75) is 46.6 Å². The predicted octanol–water partition coefficient (Wildman–Crippen LogP) is 2.10. The summed E-state index contributed by atoms with van der Waals surface area (Å²) in [4.78, 5) is 12.2. The predicted molar refractivity (Wildman–Crippen MR) is 67.3 cm³/mol. The minimum absolute atomic E-state index is 0.0432. The lowest BCUT2D eigenvalue weighted by molar-refractivity contribution is -0.130. The van der Waals surface area contributed by atoms with Gasteiger partial charge in [-0.1, -0.05) is 27.7 Å². The maximum atomic E-state index is 12.2.